The minimum absolute atomic E-state index is 0.107. The molecule has 1 N–H and O–H groups in total. The Bertz CT molecular complexity index is 767. The molecule has 1 aromatic carbocycles. The Kier molecular flexibility index (Phi) is 4.10. The fourth-order valence-electron chi connectivity index (χ4n) is 3.75. The Morgan fingerprint density at radius 2 is 2.17 bits per heavy atom. The lowest BCUT2D eigenvalue weighted by molar-refractivity contribution is 0.0620. The number of amides is 1. The second kappa shape index (κ2) is 6.26. The van der Waals surface area contributed by atoms with Crippen molar-refractivity contribution in [2.75, 3.05) is 19.6 Å². The van der Waals surface area contributed by atoms with E-state index in [-0.39, 0.29) is 17.8 Å². The summed E-state index contributed by atoms with van der Waals surface area (Å²) in [5.41, 5.74) is 1.54. The van der Waals surface area contributed by atoms with Gasteiger partial charge in [-0.3, -0.25) is 4.79 Å². The highest BCUT2D eigenvalue weighted by atomic mass is 32.1. The predicted octanol–water partition coefficient (Wildman–Crippen LogP) is 3.08. The normalized spacial score (nSPS) is 25.7. The molecule has 126 valence electrons. The summed E-state index contributed by atoms with van der Waals surface area (Å²) < 4.78 is 13.4. The Morgan fingerprint density at radius 1 is 1.38 bits per heavy atom. The smallest absolute Gasteiger partial charge is 0.280 e. The molecule has 4 heterocycles. The third-order valence-electron chi connectivity index (χ3n) is 5.05. The SMILES string of the molecule is Cc1nc(C(=O)N[C@H]2CN3CCC2CC3)sc1-c1cccc(F)c1. The van der Waals surface area contributed by atoms with Gasteiger partial charge in [-0.15, -0.1) is 11.3 Å². The predicted molar refractivity (Wildman–Crippen MR) is 92.7 cm³/mol. The van der Waals surface area contributed by atoms with Crippen LogP contribution in [0.15, 0.2) is 24.3 Å². The lowest BCUT2D eigenvalue weighted by Crippen LogP contribution is -2.57. The summed E-state index contributed by atoms with van der Waals surface area (Å²) in [5, 5.41) is 3.62. The highest BCUT2D eigenvalue weighted by Gasteiger charge is 2.35. The third kappa shape index (κ3) is 2.96. The van der Waals surface area contributed by atoms with Crippen LogP contribution in [0, 0.1) is 18.7 Å². The molecule has 6 heteroatoms. The lowest BCUT2D eigenvalue weighted by Gasteiger charge is -2.44. The van der Waals surface area contributed by atoms with E-state index >= 15 is 0 Å². The van der Waals surface area contributed by atoms with Gasteiger partial charge in [-0.25, -0.2) is 9.37 Å². The number of nitrogens with zero attached hydrogens (tertiary/aromatic N) is 2. The van der Waals surface area contributed by atoms with Crippen molar-refractivity contribution < 1.29 is 9.18 Å². The van der Waals surface area contributed by atoms with Crippen LogP contribution in [0.25, 0.3) is 10.4 Å². The monoisotopic (exact) mass is 345 g/mol. The minimum atomic E-state index is -0.279. The minimum Gasteiger partial charge on any atom is -0.346 e. The summed E-state index contributed by atoms with van der Waals surface area (Å²) in [6.07, 6.45) is 2.33. The van der Waals surface area contributed by atoms with Crippen LogP contribution in [0.1, 0.15) is 28.3 Å². The van der Waals surface area contributed by atoms with E-state index in [0.717, 1.165) is 48.6 Å². The van der Waals surface area contributed by atoms with Gasteiger partial charge >= 0.3 is 0 Å². The van der Waals surface area contributed by atoms with E-state index in [9.17, 15) is 9.18 Å². The molecule has 0 aliphatic carbocycles. The average molecular weight is 345 g/mol. The number of aromatic nitrogens is 1. The molecule has 3 saturated heterocycles. The zero-order chi connectivity index (χ0) is 16.7. The number of benzene rings is 1. The van der Waals surface area contributed by atoms with E-state index in [1.807, 2.05) is 13.0 Å². The van der Waals surface area contributed by atoms with Gasteiger partial charge in [0.2, 0.25) is 0 Å². The second-order valence-corrected chi connectivity index (χ2v) is 7.66. The molecular weight excluding hydrogens is 325 g/mol. The molecule has 4 nitrogen and oxygen atoms in total. The van der Waals surface area contributed by atoms with Crippen molar-refractivity contribution in [3.8, 4) is 10.4 Å². The number of hydrogen-bond acceptors (Lipinski definition) is 4. The zero-order valence-electron chi connectivity index (χ0n) is 13.6. The Morgan fingerprint density at radius 3 is 2.83 bits per heavy atom. The van der Waals surface area contributed by atoms with E-state index in [1.54, 1.807) is 6.07 Å². The van der Waals surface area contributed by atoms with Gasteiger partial charge < -0.3 is 10.2 Å². The number of halogens is 1. The molecule has 0 saturated carbocycles. The van der Waals surface area contributed by atoms with Crippen molar-refractivity contribution in [2.24, 2.45) is 5.92 Å². The van der Waals surface area contributed by atoms with Gasteiger partial charge in [-0.05, 0) is 56.5 Å². The quantitative estimate of drug-likeness (QED) is 0.930. The van der Waals surface area contributed by atoms with Crippen LogP contribution in [0.4, 0.5) is 4.39 Å². The van der Waals surface area contributed by atoms with Crippen LogP contribution in [0.5, 0.6) is 0 Å². The van der Waals surface area contributed by atoms with E-state index in [4.69, 9.17) is 0 Å². The van der Waals surface area contributed by atoms with Crippen LogP contribution in [0.3, 0.4) is 0 Å². The van der Waals surface area contributed by atoms with Crippen LogP contribution in [-0.4, -0.2) is 41.5 Å². The number of thiazole rings is 1. The van der Waals surface area contributed by atoms with Crippen molar-refractivity contribution in [2.45, 2.75) is 25.8 Å². The highest BCUT2D eigenvalue weighted by molar-refractivity contribution is 7.17. The fourth-order valence-corrected chi connectivity index (χ4v) is 4.72. The maximum Gasteiger partial charge on any atom is 0.280 e. The zero-order valence-corrected chi connectivity index (χ0v) is 14.4. The van der Waals surface area contributed by atoms with Crippen molar-refractivity contribution in [3.63, 3.8) is 0 Å². The molecule has 24 heavy (non-hydrogen) atoms. The molecule has 2 bridgehead atoms. The van der Waals surface area contributed by atoms with Crippen LogP contribution < -0.4 is 5.32 Å². The average Bonchev–Trinajstić information content (AvgIpc) is 2.98. The number of hydrogen-bond donors (Lipinski definition) is 1. The molecule has 0 radical (unpaired) electrons. The number of carbonyl (C=O) groups is 1. The Labute approximate surface area is 144 Å². The summed E-state index contributed by atoms with van der Waals surface area (Å²) in [5.74, 6) is 0.200. The molecule has 1 atom stereocenters. The molecule has 1 aromatic heterocycles. The van der Waals surface area contributed by atoms with Gasteiger partial charge in [0.25, 0.3) is 5.91 Å². The largest absolute Gasteiger partial charge is 0.346 e. The van der Waals surface area contributed by atoms with Gasteiger partial charge in [0.15, 0.2) is 5.01 Å². The molecule has 5 rings (SSSR count). The topological polar surface area (TPSA) is 45.2 Å². The van der Waals surface area contributed by atoms with Gasteiger partial charge in [-0.2, -0.15) is 0 Å². The molecular formula is C18H20FN3OS. The maximum absolute atomic E-state index is 13.4. The summed E-state index contributed by atoms with van der Waals surface area (Å²) >= 11 is 1.33. The van der Waals surface area contributed by atoms with Gasteiger partial charge in [-0.1, -0.05) is 12.1 Å². The number of aryl methyl sites for hydroxylation is 1. The number of rotatable bonds is 3. The molecule has 3 aliphatic rings. The van der Waals surface area contributed by atoms with Crippen molar-refractivity contribution in [1.82, 2.24) is 15.2 Å². The first-order chi connectivity index (χ1) is 11.6. The highest BCUT2D eigenvalue weighted by Crippen LogP contribution is 2.31. The first-order valence-electron chi connectivity index (χ1n) is 8.37. The Hall–Kier alpha value is -1.79. The van der Waals surface area contributed by atoms with Gasteiger partial charge in [0.1, 0.15) is 5.82 Å². The fraction of sp³-hybridized carbons (Fsp3) is 0.444. The summed E-state index contributed by atoms with van der Waals surface area (Å²) in [7, 11) is 0. The maximum atomic E-state index is 13.4. The Balaban J connectivity index is 1.52. The molecule has 0 spiro atoms. The first kappa shape index (κ1) is 15.7. The molecule has 3 fully saturated rings. The second-order valence-electron chi connectivity index (χ2n) is 6.66. The van der Waals surface area contributed by atoms with Gasteiger partial charge in [0, 0.05) is 12.6 Å². The number of nitrogens with one attached hydrogen (secondary N) is 1. The first-order valence-corrected chi connectivity index (χ1v) is 9.18. The van der Waals surface area contributed by atoms with Crippen LogP contribution in [-0.2, 0) is 0 Å². The van der Waals surface area contributed by atoms with Crippen molar-refractivity contribution in [1.29, 1.82) is 0 Å². The summed E-state index contributed by atoms with van der Waals surface area (Å²) in [4.78, 5) is 20.3. The van der Waals surface area contributed by atoms with E-state index in [2.05, 4.69) is 15.2 Å². The molecule has 1 amide bonds. The van der Waals surface area contributed by atoms with Crippen molar-refractivity contribution in [3.05, 3.63) is 40.8 Å². The van der Waals surface area contributed by atoms with E-state index in [1.165, 1.54) is 23.5 Å². The number of carbonyl (C=O) groups excluding carboxylic acids is 1. The van der Waals surface area contributed by atoms with E-state index in [0.29, 0.717) is 10.9 Å². The number of fused-ring (bicyclic) bond motifs is 3. The van der Waals surface area contributed by atoms with Crippen LogP contribution in [0.2, 0.25) is 0 Å². The van der Waals surface area contributed by atoms with Crippen LogP contribution >= 0.6 is 11.3 Å². The molecule has 3 aliphatic heterocycles. The third-order valence-corrected chi connectivity index (χ3v) is 6.26. The van der Waals surface area contributed by atoms with Crippen molar-refractivity contribution >= 4 is 17.2 Å². The summed E-state index contributed by atoms with van der Waals surface area (Å²) in [6.45, 7) is 5.10. The molecule has 2 aromatic rings. The molecule has 0 unspecified atom stereocenters. The summed E-state index contributed by atoms with van der Waals surface area (Å²) in [6, 6.07) is 6.65. The number of piperidine rings is 3. The lowest BCUT2D eigenvalue weighted by atomic mass is 9.84. The standard InChI is InChI=1S/C18H20FN3OS/c1-11-16(13-3-2-4-14(19)9-13)24-18(20-11)17(23)21-15-10-22-7-5-12(15)6-8-22/h2-4,9,12,15H,5-8,10H2,1H3,(H,21,23)/t15-/m0/s1. The van der Waals surface area contributed by atoms with E-state index < -0.39 is 0 Å². The van der Waals surface area contributed by atoms with Gasteiger partial charge in [0.05, 0.1) is 10.6 Å².